The Morgan fingerprint density at radius 1 is 0.719 bits per heavy atom. The van der Waals surface area contributed by atoms with Crippen LogP contribution in [0.3, 0.4) is 0 Å². The van der Waals surface area contributed by atoms with Crippen LogP contribution >= 0.6 is 0 Å². The fraction of sp³-hybridized carbons (Fsp3) is 0.0800. The molecule has 4 rings (SSSR count). The molecule has 1 heterocycles. The minimum absolute atomic E-state index is 0.00911. The molecule has 0 aliphatic heterocycles. The minimum Gasteiger partial charge on any atom is -0.465 e. The standard InChI is InChI=1S/C25H20N2O5/c1-30-24(28)21-22(17-13-15-20(16-14-17)32-19-11-7-4-8-12-19)26-27(23(21)25(29)31-2)18-9-5-3-6-10-18/h3-16H,1-2H3. The number of esters is 2. The van der Waals surface area contributed by atoms with Gasteiger partial charge in [-0.2, -0.15) is 5.10 Å². The first-order chi connectivity index (χ1) is 15.6. The Balaban J connectivity index is 1.82. The highest BCUT2D eigenvalue weighted by molar-refractivity contribution is 6.06. The number of nitrogens with zero attached hydrogens (tertiary/aromatic N) is 2. The quantitative estimate of drug-likeness (QED) is 0.406. The van der Waals surface area contributed by atoms with Crippen LogP contribution in [0.1, 0.15) is 20.8 Å². The van der Waals surface area contributed by atoms with E-state index in [2.05, 4.69) is 5.10 Å². The summed E-state index contributed by atoms with van der Waals surface area (Å²) >= 11 is 0. The SMILES string of the molecule is COC(=O)c1c(-c2ccc(Oc3ccccc3)cc2)nn(-c2ccccc2)c1C(=O)OC. The maximum Gasteiger partial charge on any atom is 0.357 e. The number of benzene rings is 3. The summed E-state index contributed by atoms with van der Waals surface area (Å²) < 4.78 is 17.1. The smallest absolute Gasteiger partial charge is 0.357 e. The van der Waals surface area contributed by atoms with Crippen molar-refractivity contribution in [1.29, 1.82) is 0 Å². The summed E-state index contributed by atoms with van der Waals surface area (Å²) in [6.07, 6.45) is 0. The van der Waals surface area contributed by atoms with Crippen LogP contribution in [-0.4, -0.2) is 35.9 Å². The van der Waals surface area contributed by atoms with E-state index in [1.54, 1.807) is 36.4 Å². The molecule has 0 bridgehead atoms. The zero-order valence-electron chi connectivity index (χ0n) is 17.5. The lowest BCUT2D eigenvalue weighted by atomic mass is 10.1. The van der Waals surface area contributed by atoms with Gasteiger partial charge in [0.05, 0.1) is 19.9 Å². The van der Waals surface area contributed by atoms with Crippen molar-refractivity contribution in [2.75, 3.05) is 14.2 Å². The Hall–Kier alpha value is -4.39. The number of hydrogen-bond acceptors (Lipinski definition) is 6. The summed E-state index contributed by atoms with van der Waals surface area (Å²) in [5.41, 5.74) is 1.54. The Morgan fingerprint density at radius 2 is 1.28 bits per heavy atom. The molecule has 0 spiro atoms. The highest BCUT2D eigenvalue weighted by Crippen LogP contribution is 2.31. The largest absolute Gasteiger partial charge is 0.465 e. The fourth-order valence-electron chi connectivity index (χ4n) is 3.26. The first kappa shape index (κ1) is 20.9. The highest BCUT2D eigenvalue weighted by atomic mass is 16.5. The molecule has 0 amide bonds. The molecule has 0 saturated carbocycles. The third-order valence-electron chi connectivity index (χ3n) is 4.76. The minimum atomic E-state index is -0.697. The van der Waals surface area contributed by atoms with Gasteiger partial charge < -0.3 is 14.2 Å². The predicted octanol–water partition coefficient (Wildman–Crippen LogP) is 4.90. The molecule has 0 aliphatic rings. The normalized spacial score (nSPS) is 10.4. The molecule has 160 valence electrons. The molecule has 3 aromatic carbocycles. The second-order valence-corrected chi connectivity index (χ2v) is 6.74. The van der Waals surface area contributed by atoms with Gasteiger partial charge in [-0.1, -0.05) is 36.4 Å². The molecule has 0 N–H and O–H groups in total. The lowest BCUT2D eigenvalue weighted by molar-refractivity contribution is 0.0549. The summed E-state index contributed by atoms with van der Waals surface area (Å²) in [5.74, 6) is -0.0590. The van der Waals surface area contributed by atoms with E-state index in [-0.39, 0.29) is 11.3 Å². The number of carbonyl (C=O) groups is 2. The summed E-state index contributed by atoms with van der Waals surface area (Å²) in [6.45, 7) is 0. The molecule has 0 radical (unpaired) electrons. The van der Waals surface area contributed by atoms with E-state index in [9.17, 15) is 9.59 Å². The van der Waals surface area contributed by atoms with Crippen molar-refractivity contribution in [3.63, 3.8) is 0 Å². The average Bonchev–Trinajstić information content (AvgIpc) is 3.25. The summed E-state index contributed by atoms with van der Waals surface area (Å²) in [7, 11) is 2.50. The van der Waals surface area contributed by atoms with Gasteiger partial charge in [-0.3, -0.25) is 0 Å². The second-order valence-electron chi connectivity index (χ2n) is 6.74. The molecule has 0 saturated heterocycles. The van der Waals surface area contributed by atoms with Crippen LogP contribution in [0.5, 0.6) is 11.5 Å². The second kappa shape index (κ2) is 9.18. The fourth-order valence-corrected chi connectivity index (χ4v) is 3.26. The highest BCUT2D eigenvalue weighted by Gasteiger charge is 2.31. The topological polar surface area (TPSA) is 79.7 Å². The third kappa shape index (κ3) is 4.09. The Labute approximate surface area is 184 Å². The van der Waals surface area contributed by atoms with Gasteiger partial charge in [0.25, 0.3) is 0 Å². The Morgan fingerprint density at radius 3 is 1.88 bits per heavy atom. The summed E-state index contributed by atoms with van der Waals surface area (Å²) in [6, 6.07) is 25.5. The molecule has 0 aliphatic carbocycles. The van der Waals surface area contributed by atoms with E-state index < -0.39 is 11.9 Å². The zero-order valence-corrected chi connectivity index (χ0v) is 17.5. The molecule has 4 aromatic rings. The van der Waals surface area contributed by atoms with E-state index in [4.69, 9.17) is 14.2 Å². The number of ether oxygens (including phenoxy) is 3. The lowest BCUT2D eigenvalue weighted by Crippen LogP contribution is -2.15. The number of aromatic nitrogens is 2. The van der Waals surface area contributed by atoms with Crippen molar-refractivity contribution in [1.82, 2.24) is 9.78 Å². The number of carbonyl (C=O) groups excluding carboxylic acids is 2. The van der Waals surface area contributed by atoms with Crippen LogP contribution in [0.4, 0.5) is 0 Å². The van der Waals surface area contributed by atoms with Gasteiger partial charge in [-0.15, -0.1) is 0 Å². The van der Waals surface area contributed by atoms with Gasteiger partial charge in [0.15, 0.2) is 5.69 Å². The van der Waals surface area contributed by atoms with Gasteiger partial charge in [-0.05, 0) is 48.5 Å². The van der Waals surface area contributed by atoms with Crippen LogP contribution in [0.15, 0.2) is 84.9 Å². The van der Waals surface area contributed by atoms with E-state index in [1.165, 1.54) is 18.9 Å². The van der Waals surface area contributed by atoms with Crippen LogP contribution in [-0.2, 0) is 9.47 Å². The Kier molecular flexibility index (Phi) is 5.98. The van der Waals surface area contributed by atoms with Gasteiger partial charge in [0, 0.05) is 5.56 Å². The van der Waals surface area contributed by atoms with Crippen molar-refractivity contribution >= 4 is 11.9 Å². The number of para-hydroxylation sites is 2. The summed E-state index contributed by atoms with van der Waals surface area (Å²) in [4.78, 5) is 25.3. The monoisotopic (exact) mass is 428 g/mol. The maximum absolute atomic E-state index is 12.7. The molecule has 7 nitrogen and oxygen atoms in total. The van der Waals surface area contributed by atoms with Crippen molar-refractivity contribution in [3.05, 3.63) is 96.2 Å². The number of hydrogen-bond donors (Lipinski definition) is 0. The van der Waals surface area contributed by atoms with Gasteiger partial charge in [-0.25, -0.2) is 14.3 Å². The lowest BCUT2D eigenvalue weighted by Gasteiger charge is -2.07. The molecule has 7 heteroatoms. The molecule has 0 atom stereocenters. The van der Waals surface area contributed by atoms with E-state index in [0.29, 0.717) is 28.4 Å². The predicted molar refractivity (Wildman–Crippen MR) is 118 cm³/mol. The van der Waals surface area contributed by atoms with Crippen molar-refractivity contribution in [3.8, 4) is 28.4 Å². The van der Waals surface area contributed by atoms with Crippen molar-refractivity contribution in [2.24, 2.45) is 0 Å². The van der Waals surface area contributed by atoms with E-state index in [1.807, 2.05) is 48.5 Å². The summed E-state index contributed by atoms with van der Waals surface area (Å²) in [5, 5.41) is 4.58. The molecular formula is C25H20N2O5. The molecule has 32 heavy (non-hydrogen) atoms. The molecule has 1 aromatic heterocycles. The van der Waals surface area contributed by atoms with Gasteiger partial charge in [0.1, 0.15) is 22.8 Å². The van der Waals surface area contributed by atoms with E-state index >= 15 is 0 Å². The van der Waals surface area contributed by atoms with Crippen molar-refractivity contribution < 1.29 is 23.8 Å². The van der Waals surface area contributed by atoms with Crippen molar-refractivity contribution in [2.45, 2.75) is 0 Å². The third-order valence-corrected chi connectivity index (χ3v) is 4.76. The molecule has 0 fully saturated rings. The van der Waals surface area contributed by atoms with Gasteiger partial charge in [0.2, 0.25) is 0 Å². The maximum atomic E-state index is 12.7. The van der Waals surface area contributed by atoms with E-state index in [0.717, 1.165) is 0 Å². The molecular weight excluding hydrogens is 408 g/mol. The van der Waals surface area contributed by atoms with Crippen LogP contribution in [0.2, 0.25) is 0 Å². The van der Waals surface area contributed by atoms with Crippen LogP contribution < -0.4 is 4.74 Å². The first-order valence-electron chi connectivity index (χ1n) is 9.80. The zero-order chi connectivity index (χ0) is 22.5. The van der Waals surface area contributed by atoms with Crippen LogP contribution in [0, 0.1) is 0 Å². The molecule has 0 unspecified atom stereocenters. The number of rotatable bonds is 6. The van der Waals surface area contributed by atoms with Gasteiger partial charge >= 0.3 is 11.9 Å². The van der Waals surface area contributed by atoms with Crippen LogP contribution in [0.25, 0.3) is 16.9 Å². The Bertz CT molecular complexity index is 1230. The average molecular weight is 428 g/mol. The first-order valence-corrected chi connectivity index (χ1v) is 9.80. The number of methoxy groups -OCH3 is 2.